The normalized spacial score (nSPS) is 16.9. The van der Waals surface area contributed by atoms with E-state index in [9.17, 15) is 23.9 Å². The second-order valence-electron chi connectivity index (χ2n) is 11.0. The number of aliphatic hydroxyl groups is 1. The summed E-state index contributed by atoms with van der Waals surface area (Å²) in [6.07, 6.45) is 1.11. The highest BCUT2D eigenvalue weighted by atomic mass is 32.1. The quantitative estimate of drug-likeness (QED) is 0.233. The molecule has 0 unspecified atom stereocenters. The Balaban J connectivity index is 1.42. The number of thiazole rings is 1. The van der Waals surface area contributed by atoms with Crippen LogP contribution in [0.25, 0.3) is 10.6 Å². The Kier molecular flexibility index (Phi) is 9.74. The van der Waals surface area contributed by atoms with Crippen molar-refractivity contribution >= 4 is 40.6 Å². The van der Waals surface area contributed by atoms with Crippen molar-refractivity contribution in [2.45, 2.75) is 26.0 Å². The van der Waals surface area contributed by atoms with Crippen LogP contribution in [0.3, 0.4) is 0 Å². The maximum Gasteiger partial charge on any atom is 0.321 e. The number of aliphatic hydroxyl groups excluding tert-OH is 1. The van der Waals surface area contributed by atoms with E-state index >= 15 is 0 Å². The molecule has 3 atom stereocenters. The first-order chi connectivity index (χ1) is 21.6. The number of hydrogen-bond donors (Lipinski definition) is 3. The molecule has 1 aromatic heterocycles. The minimum absolute atomic E-state index is 0.129. The molecule has 0 bridgehead atoms. The number of carbonyl (C=O) groups is 3. The number of urea groups is 1. The Hall–Kier alpha value is -4.81. The molecule has 5 rings (SSSR count). The van der Waals surface area contributed by atoms with Crippen molar-refractivity contribution in [2.24, 2.45) is 5.92 Å². The lowest BCUT2D eigenvalue weighted by atomic mass is 9.99. The highest BCUT2D eigenvalue weighted by Crippen LogP contribution is 2.35. The van der Waals surface area contributed by atoms with Gasteiger partial charge in [-0.2, -0.15) is 0 Å². The Morgan fingerprint density at radius 3 is 2.53 bits per heavy atom. The van der Waals surface area contributed by atoms with E-state index in [0.717, 1.165) is 10.6 Å². The number of rotatable bonds is 8. The number of anilines is 2. The molecule has 45 heavy (non-hydrogen) atoms. The molecule has 234 valence electrons. The standard InChI is InChI=1S/C33H34FN5O5S/c1-20-17-39(21(2)19-40)32(42)26-5-4-6-27(37-30(41)22-7-9-23(10-8-22)31-35-15-16-45-31)29(26)44-28(20)18-38(3)33(43)36-25-13-11-24(34)12-14-25/h4-16,20-21,28,40H,17-19H2,1-3H3,(H,36,43)(H,37,41)/t20-,21+,28-/m0/s1. The van der Waals surface area contributed by atoms with Crippen molar-refractivity contribution in [1.82, 2.24) is 14.8 Å². The number of para-hydroxylation sites is 1. The number of benzene rings is 3. The average Bonchev–Trinajstić information content (AvgIpc) is 3.59. The predicted octanol–water partition coefficient (Wildman–Crippen LogP) is 5.59. The SMILES string of the molecule is C[C@H](CO)N1C[C@H](C)[C@H](CN(C)C(=O)Nc2ccc(F)cc2)Oc2c(NC(=O)c3ccc(-c4nccs4)cc3)cccc2C1=O. The van der Waals surface area contributed by atoms with Crippen LogP contribution in [0.1, 0.15) is 34.6 Å². The lowest BCUT2D eigenvalue weighted by molar-refractivity contribution is 0.0372. The summed E-state index contributed by atoms with van der Waals surface area (Å²) >= 11 is 1.50. The smallest absolute Gasteiger partial charge is 0.321 e. The van der Waals surface area contributed by atoms with E-state index in [0.29, 0.717) is 16.9 Å². The number of nitrogens with one attached hydrogen (secondary N) is 2. The van der Waals surface area contributed by atoms with Gasteiger partial charge in [0.2, 0.25) is 0 Å². The number of carbonyl (C=O) groups excluding carboxylic acids is 3. The van der Waals surface area contributed by atoms with Crippen molar-refractivity contribution in [3.8, 4) is 16.3 Å². The molecule has 1 aliphatic heterocycles. The lowest BCUT2D eigenvalue weighted by Crippen LogP contribution is -2.50. The third kappa shape index (κ3) is 7.30. The zero-order valence-electron chi connectivity index (χ0n) is 25.1. The molecule has 2 heterocycles. The number of fused-ring (bicyclic) bond motifs is 1. The van der Waals surface area contributed by atoms with Crippen molar-refractivity contribution < 1.29 is 28.6 Å². The summed E-state index contributed by atoms with van der Waals surface area (Å²) in [4.78, 5) is 47.5. The summed E-state index contributed by atoms with van der Waals surface area (Å²) in [5, 5.41) is 18.3. The zero-order chi connectivity index (χ0) is 32.1. The number of aromatic nitrogens is 1. The summed E-state index contributed by atoms with van der Waals surface area (Å²) < 4.78 is 19.8. The molecular formula is C33H34FN5O5S. The number of amides is 4. The van der Waals surface area contributed by atoms with Gasteiger partial charge in [-0.05, 0) is 55.5 Å². The van der Waals surface area contributed by atoms with Crippen molar-refractivity contribution in [2.75, 3.05) is 37.4 Å². The van der Waals surface area contributed by atoms with Crippen LogP contribution in [0.2, 0.25) is 0 Å². The molecule has 3 N–H and O–H groups in total. The highest BCUT2D eigenvalue weighted by molar-refractivity contribution is 7.13. The van der Waals surface area contributed by atoms with Gasteiger partial charge in [0.25, 0.3) is 11.8 Å². The molecule has 3 aromatic carbocycles. The van der Waals surface area contributed by atoms with Gasteiger partial charge in [0.1, 0.15) is 16.9 Å². The number of likely N-dealkylation sites (N-methyl/N-ethyl adjacent to an activating group) is 1. The van der Waals surface area contributed by atoms with Crippen LogP contribution in [-0.2, 0) is 0 Å². The van der Waals surface area contributed by atoms with Gasteiger partial charge in [-0.3, -0.25) is 9.59 Å². The third-order valence-electron chi connectivity index (χ3n) is 7.66. The Morgan fingerprint density at radius 2 is 1.87 bits per heavy atom. The Morgan fingerprint density at radius 1 is 1.13 bits per heavy atom. The minimum atomic E-state index is -0.607. The molecule has 0 saturated heterocycles. The fourth-order valence-corrected chi connectivity index (χ4v) is 5.63. The van der Waals surface area contributed by atoms with Crippen molar-refractivity contribution in [3.05, 3.63) is 95.3 Å². The topological polar surface area (TPSA) is 124 Å². The fraction of sp³-hybridized carbons (Fsp3) is 0.273. The first kappa shape index (κ1) is 31.6. The first-order valence-electron chi connectivity index (χ1n) is 14.4. The van der Waals surface area contributed by atoms with E-state index in [1.807, 2.05) is 24.4 Å². The zero-order valence-corrected chi connectivity index (χ0v) is 25.9. The van der Waals surface area contributed by atoms with Crippen LogP contribution in [0, 0.1) is 11.7 Å². The van der Waals surface area contributed by atoms with E-state index in [2.05, 4.69) is 15.6 Å². The fourth-order valence-electron chi connectivity index (χ4n) is 4.99. The largest absolute Gasteiger partial charge is 0.485 e. The second kappa shape index (κ2) is 13.9. The monoisotopic (exact) mass is 631 g/mol. The van der Waals surface area contributed by atoms with Crippen LogP contribution < -0.4 is 15.4 Å². The van der Waals surface area contributed by atoms with Gasteiger partial charge in [0.05, 0.1) is 30.4 Å². The molecule has 0 radical (unpaired) electrons. The lowest BCUT2D eigenvalue weighted by Gasteiger charge is -2.38. The van der Waals surface area contributed by atoms with E-state index in [-0.39, 0.29) is 42.8 Å². The van der Waals surface area contributed by atoms with Crippen molar-refractivity contribution in [1.29, 1.82) is 0 Å². The summed E-state index contributed by atoms with van der Waals surface area (Å²) in [5.41, 5.74) is 2.25. The average molecular weight is 632 g/mol. The van der Waals surface area contributed by atoms with E-state index in [1.54, 1.807) is 55.4 Å². The molecule has 0 saturated carbocycles. The molecule has 10 nitrogen and oxygen atoms in total. The Bertz CT molecular complexity index is 1650. The van der Waals surface area contributed by atoms with Gasteiger partial charge in [-0.25, -0.2) is 14.2 Å². The Labute approximate surface area is 264 Å². The molecule has 0 fully saturated rings. The number of nitrogens with zero attached hydrogens (tertiary/aromatic N) is 3. The van der Waals surface area contributed by atoms with Gasteiger partial charge < -0.3 is 30.3 Å². The van der Waals surface area contributed by atoms with Gasteiger partial charge in [-0.1, -0.05) is 25.1 Å². The maximum absolute atomic E-state index is 13.8. The van der Waals surface area contributed by atoms with Crippen LogP contribution >= 0.6 is 11.3 Å². The van der Waals surface area contributed by atoms with Gasteiger partial charge in [0, 0.05) is 47.9 Å². The minimum Gasteiger partial charge on any atom is -0.485 e. The number of hydrogen-bond acceptors (Lipinski definition) is 7. The van der Waals surface area contributed by atoms with Crippen LogP contribution in [-0.4, -0.2) is 76.6 Å². The number of halogens is 1. The molecule has 0 aliphatic carbocycles. The van der Waals surface area contributed by atoms with E-state index in [1.165, 1.54) is 40.5 Å². The highest BCUT2D eigenvalue weighted by Gasteiger charge is 2.35. The second-order valence-corrected chi connectivity index (χ2v) is 11.9. The van der Waals surface area contributed by atoms with Crippen LogP contribution in [0.4, 0.5) is 20.6 Å². The summed E-state index contributed by atoms with van der Waals surface area (Å²) in [5.74, 6) is -1.26. The summed E-state index contributed by atoms with van der Waals surface area (Å²) in [7, 11) is 1.61. The van der Waals surface area contributed by atoms with Gasteiger partial charge in [-0.15, -0.1) is 11.3 Å². The van der Waals surface area contributed by atoms with Crippen LogP contribution in [0.15, 0.2) is 78.3 Å². The number of ether oxygens (including phenoxy) is 1. The predicted molar refractivity (Wildman–Crippen MR) is 171 cm³/mol. The van der Waals surface area contributed by atoms with Crippen LogP contribution in [0.5, 0.6) is 5.75 Å². The molecule has 1 aliphatic rings. The van der Waals surface area contributed by atoms with Crippen molar-refractivity contribution in [3.63, 3.8) is 0 Å². The van der Waals surface area contributed by atoms with Gasteiger partial charge in [0.15, 0.2) is 5.75 Å². The molecule has 4 aromatic rings. The summed E-state index contributed by atoms with van der Waals surface area (Å²) in [6.45, 7) is 3.80. The molecule has 12 heteroatoms. The van der Waals surface area contributed by atoms with Gasteiger partial charge >= 0.3 is 6.03 Å². The van der Waals surface area contributed by atoms with E-state index < -0.39 is 29.9 Å². The molecule has 0 spiro atoms. The summed E-state index contributed by atoms with van der Waals surface area (Å²) in [6, 6.07) is 16.5. The third-order valence-corrected chi connectivity index (χ3v) is 8.48. The molecule has 4 amide bonds. The first-order valence-corrected chi connectivity index (χ1v) is 15.3. The maximum atomic E-state index is 13.8. The molecular weight excluding hydrogens is 597 g/mol. The van der Waals surface area contributed by atoms with E-state index in [4.69, 9.17) is 4.74 Å².